The van der Waals surface area contributed by atoms with Gasteiger partial charge in [-0.1, -0.05) is 6.92 Å². The lowest BCUT2D eigenvalue weighted by atomic mass is 10.1. The summed E-state index contributed by atoms with van der Waals surface area (Å²) in [7, 11) is 0. The zero-order chi connectivity index (χ0) is 10.1. The van der Waals surface area contributed by atoms with E-state index in [1.165, 1.54) is 0 Å². The maximum absolute atomic E-state index is 5.94. The Bertz CT molecular complexity index is 298. The van der Waals surface area contributed by atoms with E-state index in [9.17, 15) is 0 Å². The number of aromatic nitrogens is 2. The van der Waals surface area contributed by atoms with Crippen LogP contribution in [0.2, 0.25) is 0 Å². The van der Waals surface area contributed by atoms with Gasteiger partial charge in [-0.2, -0.15) is 0 Å². The van der Waals surface area contributed by atoms with Crippen LogP contribution >= 0.6 is 0 Å². The van der Waals surface area contributed by atoms with Gasteiger partial charge >= 0.3 is 0 Å². The lowest BCUT2D eigenvalue weighted by molar-refractivity contribution is 0.565. The van der Waals surface area contributed by atoms with Crippen LogP contribution in [0.5, 0.6) is 0 Å². The van der Waals surface area contributed by atoms with E-state index in [4.69, 9.17) is 5.73 Å². The minimum absolute atomic E-state index is 0.250. The summed E-state index contributed by atoms with van der Waals surface area (Å²) in [6, 6.07) is 0.250. The maximum atomic E-state index is 5.94. The van der Waals surface area contributed by atoms with Crippen LogP contribution in [-0.2, 0) is 0 Å². The lowest BCUT2D eigenvalue weighted by Gasteiger charge is -2.14. The minimum Gasteiger partial charge on any atom is -0.339 e. The van der Waals surface area contributed by atoms with Crippen LogP contribution in [-0.4, -0.2) is 29.1 Å². The molecule has 4 heteroatoms. The van der Waals surface area contributed by atoms with Crippen molar-refractivity contribution in [1.82, 2.24) is 9.97 Å². The zero-order valence-electron chi connectivity index (χ0n) is 8.64. The van der Waals surface area contributed by atoms with E-state index in [1.807, 2.05) is 19.3 Å². The predicted molar refractivity (Wildman–Crippen MR) is 56.1 cm³/mol. The van der Waals surface area contributed by atoms with Crippen molar-refractivity contribution in [3.8, 4) is 0 Å². The number of nitrogens with two attached hydrogens (primary N) is 1. The Hall–Kier alpha value is -1.16. The molecule has 1 aliphatic rings. The van der Waals surface area contributed by atoms with Gasteiger partial charge in [-0.15, -0.1) is 0 Å². The molecule has 4 nitrogen and oxygen atoms in total. The molecule has 0 spiro atoms. The van der Waals surface area contributed by atoms with E-state index in [0.29, 0.717) is 5.92 Å². The van der Waals surface area contributed by atoms with Crippen molar-refractivity contribution in [3.63, 3.8) is 0 Å². The van der Waals surface area contributed by atoms with Crippen LogP contribution in [0.4, 0.5) is 5.95 Å². The van der Waals surface area contributed by atoms with Crippen LogP contribution in [0.15, 0.2) is 12.4 Å². The second-order valence-corrected chi connectivity index (χ2v) is 4.11. The maximum Gasteiger partial charge on any atom is 0.225 e. The molecule has 1 fully saturated rings. The van der Waals surface area contributed by atoms with Gasteiger partial charge in [-0.05, 0) is 18.4 Å². The summed E-state index contributed by atoms with van der Waals surface area (Å²) < 4.78 is 0. The van der Waals surface area contributed by atoms with Crippen LogP contribution in [0.1, 0.15) is 12.5 Å². The molecule has 0 aliphatic carbocycles. The molecule has 0 bridgehead atoms. The molecular weight excluding hydrogens is 176 g/mol. The first-order valence-corrected chi connectivity index (χ1v) is 4.96. The summed E-state index contributed by atoms with van der Waals surface area (Å²) >= 11 is 0. The molecule has 1 aromatic rings. The van der Waals surface area contributed by atoms with Gasteiger partial charge in [0.1, 0.15) is 0 Å². The zero-order valence-corrected chi connectivity index (χ0v) is 8.64. The van der Waals surface area contributed by atoms with Crippen LogP contribution in [0.25, 0.3) is 0 Å². The SMILES string of the molecule is Cc1cnc(N2CC(C)C(N)C2)nc1. The number of nitrogens with zero attached hydrogens (tertiary/aromatic N) is 3. The second-order valence-electron chi connectivity index (χ2n) is 4.11. The third kappa shape index (κ3) is 1.70. The molecule has 2 N–H and O–H groups in total. The fraction of sp³-hybridized carbons (Fsp3) is 0.600. The Labute approximate surface area is 84.2 Å². The summed E-state index contributed by atoms with van der Waals surface area (Å²) in [5, 5.41) is 0. The number of hydrogen-bond donors (Lipinski definition) is 1. The quantitative estimate of drug-likeness (QED) is 0.706. The van der Waals surface area contributed by atoms with E-state index in [0.717, 1.165) is 24.6 Å². The van der Waals surface area contributed by atoms with Gasteiger partial charge in [0.25, 0.3) is 0 Å². The van der Waals surface area contributed by atoms with Crippen molar-refractivity contribution in [1.29, 1.82) is 0 Å². The third-order valence-electron chi connectivity index (χ3n) is 2.72. The molecular formula is C10H16N4. The van der Waals surface area contributed by atoms with Crippen molar-refractivity contribution in [2.75, 3.05) is 18.0 Å². The Morgan fingerprint density at radius 3 is 2.50 bits per heavy atom. The Balaban J connectivity index is 2.13. The van der Waals surface area contributed by atoms with E-state index >= 15 is 0 Å². The van der Waals surface area contributed by atoms with Gasteiger partial charge in [0.2, 0.25) is 5.95 Å². The summed E-state index contributed by atoms with van der Waals surface area (Å²) in [5.41, 5.74) is 7.03. The average molecular weight is 192 g/mol. The first-order valence-electron chi connectivity index (χ1n) is 4.96. The molecule has 2 rings (SSSR count). The Morgan fingerprint density at radius 2 is 2.00 bits per heavy atom. The molecule has 76 valence electrons. The topological polar surface area (TPSA) is 55.0 Å². The molecule has 0 amide bonds. The third-order valence-corrected chi connectivity index (χ3v) is 2.72. The summed E-state index contributed by atoms with van der Waals surface area (Å²) in [6.45, 7) is 5.98. The van der Waals surface area contributed by atoms with Crippen molar-refractivity contribution in [3.05, 3.63) is 18.0 Å². The van der Waals surface area contributed by atoms with Gasteiger partial charge in [0, 0.05) is 31.5 Å². The van der Waals surface area contributed by atoms with E-state index < -0.39 is 0 Å². The largest absolute Gasteiger partial charge is 0.339 e. The molecule has 1 saturated heterocycles. The molecule has 0 radical (unpaired) electrons. The van der Waals surface area contributed by atoms with Crippen LogP contribution in [0.3, 0.4) is 0 Å². The number of anilines is 1. The average Bonchev–Trinajstić information content (AvgIpc) is 2.48. The van der Waals surface area contributed by atoms with Gasteiger partial charge in [-0.3, -0.25) is 0 Å². The standard InChI is InChI=1S/C10H16N4/c1-7-3-12-10(13-4-7)14-5-8(2)9(11)6-14/h3-4,8-9H,5-6,11H2,1-2H3. The molecule has 2 atom stereocenters. The normalized spacial score (nSPS) is 26.9. The van der Waals surface area contributed by atoms with Gasteiger partial charge in [-0.25, -0.2) is 9.97 Å². The second kappa shape index (κ2) is 3.53. The van der Waals surface area contributed by atoms with E-state index in [-0.39, 0.29) is 6.04 Å². The molecule has 14 heavy (non-hydrogen) atoms. The van der Waals surface area contributed by atoms with Crippen LogP contribution < -0.4 is 10.6 Å². The molecule has 2 unspecified atom stereocenters. The van der Waals surface area contributed by atoms with Crippen molar-refractivity contribution in [2.45, 2.75) is 19.9 Å². The minimum atomic E-state index is 0.250. The predicted octanol–water partition coefficient (Wildman–Crippen LogP) is 0.568. The fourth-order valence-corrected chi connectivity index (χ4v) is 1.70. The first-order chi connectivity index (χ1) is 6.66. The molecule has 2 heterocycles. The lowest BCUT2D eigenvalue weighted by Crippen LogP contribution is -2.29. The van der Waals surface area contributed by atoms with E-state index in [1.54, 1.807) is 0 Å². The fourth-order valence-electron chi connectivity index (χ4n) is 1.70. The molecule has 1 aliphatic heterocycles. The van der Waals surface area contributed by atoms with Gasteiger partial charge in [0.05, 0.1) is 0 Å². The van der Waals surface area contributed by atoms with Crippen LogP contribution in [0, 0.1) is 12.8 Å². The monoisotopic (exact) mass is 192 g/mol. The van der Waals surface area contributed by atoms with Gasteiger partial charge in [0.15, 0.2) is 0 Å². The highest BCUT2D eigenvalue weighted by molar-refractivity contribution is 5.32. The van der Waals surface area contributed by atoms with Crippen molar-refractivity contribution in [2.24, 2.45) is 11.7 Å². The summed E-state index contributed by atoms with van der Waals surface area (Å²) in [5.74, 6) is 1.33. The van der Waals surface area contributed by atoms with Crippen molar-refractivity contribution >= 4 is 5.95 Å². The number of hydrogen-bond acceptors (Lipinski definition) is 4. The molecule has 1 aromatic heterocycles. The number of aryl methyl sites for hydroxylation is 1. The summed E-state index contributed by atoms with van der Waals surface area (Å²) in [4.78, 5) is 10.7. The van der Waals surface area contributed by atoms with Gasteiger partial charge < -0.3 is 10.6 Å². The Kier molecular flexibility index (Phi) is 2.37. The van der Waals surface area contributed by atoms with Crippen molar-refractivity contribution < 1.29 is 0 Å². The molecule has 0 saturated carbocycles. The Morgan fingerprint density at radius 1 is 1.36 bits per heavy atom. The summed E-state index contributed by atoms with van der Waals surface area (Å²) in [6.07, 6.45) is 3.69. The molecule has 0 aromatic carbocycles. The highest BCUT2D eigenvalue weighted by Crippen LogP contribution is 2.18. The van der Waals surface area contributed by atoms with E-state index in [2.05, 4.69) is 21.8 Å². The smallest absolute Gasteiger partial charge is 0.225 e. The number of rotatable bonds is 1. The first kappa shape index (κ1) is 9.40. The highest BCUT2D eigenvalue weighted by atomic mass is 15.3. The highest BCUT2D eigenvalue weighted by Gasteiger charge is 2.27.